The molecule has 0 aromatic heterocycles. The number of hydrogen-bond donors (Lipinski definition) is 1. The second-order valence-corrected chi connectivity index (χ2v) is 7.69. The first kappa shape index (κ1) is 14.0. The molecule has 1 fully saturated rings. The predicted molar refractivity (Wildman–Crippen MR) is 68.4 cm³/mol. The van der Waals surface area contributed by atoms with Crippen LogP contribution in [0.4, 0.5) is 0 Å². The minimum atomic E-state index is -2.85. The van der Waals surface area contributed by atoms with Crippen LogP contribution in [0.3, 0.4) is 0 Å². The van der Waals surface area contributed by atoms with Crippen LogP contribution in [0, 0.1) is 5.92 Å². The van der Waals surface area contributed by atoms with E-state index in [1.54, 1.807) is 0 Å². The van der Waals surface area contributed by atoms with Crippen molar-refractivity contribution in [1.82, 2.24) is 5.32 Å². The summed E-state index contributed by atoms with van der Waals surface area (Å²) in [4.78, 5) is 0. The van der Waals surface area contributed by atoms with Gasteiger partial charge in [-0.05, 0) is 31.7 Å². The van der Waals surface area contributed by atoms with E-state index >= 15 is 0 Å². The molecule has 0 amide bonds. The highest BCUT2D eigenvalue weighted by Crippen LogP contribution is 2.30. The lowest BCUT2D eigenvalue weighted by atomic mass is 9.80. The van der Waals surface area contributed by atoms with E-state index in [-0.39, 0.29) is 5.54 Å². The third-order valence-corrected chi connectivity index (χ3v) is 4.75. The fraction of sp³-hybridized carbons (Fsp3) is 1.00. The Hall–Kier alpha value is -0.0900. The zero-order chi connectivity index (χ0) is 12.2. The summed E-state index contributed by atoms with van der Waals surface area (Å²) in [5.41, 5.74) is 0.0413. The first-order chi connectivity index (χ1) is 7.36. The molecule has 1 heterocycles. The fourth-order valence-electron chi connectivity index (χ4n) is 2.53. The first-order valence-corrected chi connectivity index (χ1v) is 8.34. The summed E-state index contributed by atoms with van der Waals surface area (Å²) >= 11 is 0. The number of rotatable bonds is 4. The first-order valence-electron chi connectivity index (χ1n) is 6.28. The Bertz CT molecular complexity index is 301. The van der Waals surface area contributed by atoms with Crippen molar-refractivity contribution in [3.05, 3.63) is 0 Å². The molecule has 1 aliphatic heterocycles. The molecule has 1 saturated heterocycles. The zero-order valence-electron chi connectivity index (χ0n) is 10.8. The minimum Gasteiger partial charge on any atom is -0.311 e. The van der Waals surface area contributed by atoms with Crippen molar-refractivity contribution in [3.63, 3.8) is 0 Å². The van der Waals surface area contributed by atoms with Crippen molar-refractivity contribution in [3.8, 4) is 0 Å². The second kappa shape index (κ2) is 5.50. The summed E-state index contributed by atoms with van der Waals surface area (Å²) in [6.45, 7) is 5.42. The Labute approximate surface area is 99.9 Å². The number of hydrogen-bond acceptors (Lipinski definition) is 3. The van der Waals surface area contributed by atoms with Gasteiger partial charge in [-0.25, -0.2) is 8.42 Å². The highest BCUT2D eigenvalue weighted by Gasteiger charge is 2.34. The Morgan fingerprint density at radius 2 is 1.94 bits per heavy atom. The maximum absolute atomic E-state index is 11.3. The molecule has 96 valence electrons. The van der Waals surface area contributed by atoms with Gasteiger partial charge in [-0.15, -0.1) is 0 Å². The van der Waals surface area contributed by atoms with Crippen molar-refractivity contribution in [1.29, 1.82) is 0 Å². The quantitative estimate of drug-likeness (QED) is 0.826. The molecule has 1 aliphatic rings. The molecule has 1 N–H and O–H groups in total. The van der Waals surface area contributed by atoms with Crippen LogP contribution < -0.4 is 5.32 Å². The molecule has 3 nitrogen and oxygen atoms in total. The van der Waals surface area contributed by atoms with Crippen molar-refractivity contribution in [2.45, 2.75) is 51.5 Å². The van der Waals surface area contributed by atoms with Crippen molar-refractivity contribution >= 4 is 9.84 Å². The number of sulfone groups is 1. The van der Waals surface area contributed by atoms with Gasteiger partial charge < -0.3 is 5.32 Å². The van der Waals surface area contributed by atoms with E-state index in [4.69, 9.17) is 0 Å². The zero-order valence-corrected chi connectivity index (χ0v) is 11.6. The van der Waals surface area contributed by atoms with Crippen molar-refractivity contribution < 1.29 is 8.42 Å². The van der Waals surface area contributed by atoms with E-state index in [1.807, 2.05) is 0 Å². The molecule has 0 aromatic carbocycles. The monoisotopic (exact) mass is 247 g/mol. The largest absolute Gasteiger partial charge is 0.311 e. The molecule has 1 rings (SSSR count). The van der Waals surface area contributed by atoms with E-state index in [9.17, 15) is 8.42 Å². The van der Waals surface area contributed by atoms with Gasteiger partial charge in [0.1, 0.15) is 9.84 Å². The standard InChI is InChI=1S/C12H25NO2S/c1-11(2)12(8-10-16(3,14)15)7-5-4-6-9-13-12/h11,13H,4-10H2,1-3H3. The molecule has 16 heavy (non-hydrogen) atoms. The van der Waals surface area contributed by atoms with Crippen LogP contribution in [0.1, 0.15) is 46.0 Å². The predicted octanol–water partition coefficient (Wildman–Crippen LogP) is 1.98. The van der Waals surface area contributed by atoms with Gasteiger partial charge in [0.05, 0.1) is 5.75 Å². The van der Waals surface area contributed by atoms with Crippen LogP contribution >= 0.6 is 0 Å². The van der Waals surface area contributed by atoms with Crippen LogP contribution in [-0.2, 0) is 9.84 Å². The lowest BCUT2D eigenvalue weighted by molar-refractivity contribution is 0.220. The fourth-order valence-corrected chi connectivity index (χ4v) is 3.27. The van der Waals surface area contributed by atoms with Crippen molar-refractivity contribution in [2.24, 2.45) is 5.92 Å². The van der Waals surface area contributed by atoms with E-state index in [1.165, 1.54) is 25.5 Å². The van der Waals surface area contributed by atoms with E-state index in [0.29, 0.717) is 11.7 Å². The Morgan fingerprint density at radius 3 is 2.50 bits per heavy atom. The van der Waals surface area contributed by atoms with Gasteiger partial charge in [-0.1, -0.05) is 26.7 Å². The van der Waals surface area contributed by atoms with E-state index in [2.05, 4.69) is 19.2 Å². The molecular formula is C12H25NO2S. The van der Waals surface area contributed by atoms with Gasteiger partial charge in [0.15, 0.2) is 0 Å². The second-order valence-electron chi connectivity index (χ2n) is 5.43. The lowest BCUT2D eigenvalue weighted by Gasteiger charge is -2.38. The van der Waals surface area contributed by atoms with Crippen LogP contribution in [0.15, 0.2) is 0 Å². The summed E-state index contributed by atoms with van der Waals surface area (Å²) in [6.07, 6.45) is 6.89. The summed E-state index contributed by atoms with van der Waals surface area (Å²) in [5, 5.41) is 3.60. The van der Waals surface area contributed by atoms with Gasteiger partial charge in [-0.3, -0.25) is 0 Å². The third-order valence-electron chi connectivity index (χ3n) is 3.80. The van der Waals surface area contributed by atoms with E-state index in [0.717, 1.165) is 19.4 Å². The molecule has 0 bridgehead atoms. The summed E-state index contributed by atoms with van der Waals surface area (Å²) in [7, 11) is -2.85. The highest BCUT2D eigenvalue weighted by atomic mass is 32.2. The lowest BCUT2D eigenvalue weighted by Crippen LogP contribution is -2.50. The van der Waals surface area contributed by atoms with Crippen molar-refractivity contribution in [2.75, 3.05) is 18.6 Å². The SMILES string of the molecule is CC(C)C1(CCS(C)(=O)=O)CCCCCN1. The Morgan fingerprint density at radius 1 is 1.25 bits per heavy atom. The minimum absolute atomic E-state index is 0.0413. The Kier molecular flexibility index (Phi) is 4.80. The molecule has 1 unspecified atom stereocenters. The van der Waals surface area contributed by atoms with Gasteiger partial charge in [0, 0.05) is 11.8 Å². The summed E-state index contributed by atoms with van der Waals surface area (Å²) < 4.78 is 22.6. The maximum atomic E-state index is 11.3. The molecule has 0 spiro atoms. The van der Waals surface area contributed by atoms with Gasteiger partial charge in [0.2, 0.25) is 0 Å². The van der Waals surface area contributed by atoms with Gasteiger partial charge in [-0.2, -0.15) is 0 Å². The third kappa shape index (κ3) is 4.06. The normalized spacial score (nSPS) is 28.0. The topological polar surface area (TPSA) is 46.2 Å². The molecule has 0 radical (unpaired) electrons. The van der Waals surface area contributed by atoms with Crippen LogP contribution in [0.25, 0.3) is 0 Å². The molecule has 1 atom stereocenters. The Balaban J connectivity index is 2.71. The average Bonchev–Trinajstić information content (AvgIpc) is 2.39. The van der Waals surface area contributed by atoms with Crippen LogP contribution in [0.2, 0.25) is 0 Å². The summed E-state index contributed by atoms with van der Waals surface area (Å²) in [5.74, 6) is 0.797. The number of nitrogens with one attached hydrogen (secondary N) is 1. The molecule has 0 aliphatic carbocycles. The molecule has 4 heteroatoms. The maximum Gasteiger partial charge on any atom is 0.147 e. The smallest absolute Gasteiger partial charge is 0.147 e. The summed E-state index contributed by atoms with van der Waals surface area (Å²) in [6, 6.07) is 0. The van der Waals surface area contributed by atoms with Crippen LogP contribution in [0.5, 0.6) is 0 Å². The average molecular weight is 247 g/mol. The van der Waals surface area contributed by atoms with E-state index < -0.39 is 9.84 Å². The molecular weight excluding hydrogens is 222 g/mol. The molecule has 0 saturated carbocycles. The van der Waals surface area contributed by atoms with Gasteiger partial charge in [0.25, 0.3) is 0 Å². The highest BCUT2D eigenvalue weighted by molar-refractivity contribution is 7.90. The van der Waals surface area contributed by atoms with Gasteiger partial charge >= 0.3 is 0 Å². The van der Waals surface area contributed by atoms with Crippen LogP contribution in [-0.4, -0.2) is 32.5 Å². The molecule has 0 aromatic rings.